The fraction of sp³-hybridized carbons (Fsp3) is 0.250. The molecule has 1 aromatic carbocycles. The van der Waals surface area contributed by atoms with Crippen LogP contribution in [0.4, 0.5) is 0 Å². The Hall–Kier alpha value is -1.47. The number of nitrogens with one attached hydrogen (secondary N) is 1. The van der Waals surface area contributed by atoms with Gasteiger partial charge < -0.3 is 4.98 Å². The van der Waals surface area contributed by atoms with E-state index < -0.39 is 0 Å². The molecule has 1 aliphatic rings. The third-order valence-electron chi connectivity index (χ3n) is 3.77. The summed E-state index contributed by atoms with van der Waals surface area (Å²) in [6, 6.07) is 10.8. The molecular formula is C16H16ClN. The van der Waals surface area contributed by atoms with Crippen LogP contribution in [0.1, 0.15) is 24.5 Å². The standard InChI is InChI=1S/C16H16ClN/c1-11-3-5-12(6-4-11)16(2)9-14(17)13-7-8-18-15(13)10-16/h3-8,10,18H,9H2,1-2H3. The van der Waals surface area contributed by atoms with Crippen LogP contribution in [0.2, 0.25) is 0 Å². The molecule has 2 heteroatoms. The molecule has 1 atom stereocenters. The average molecular weight is 258 g/mol. The molecule has 0 amide bonds. The minimum atomic E-state index is -0.0252. The Morgan fingerprint density at radius 2 is 1.89 bits per heavy atom. The van der Waals surface area contributed by atoms with Crippen molar-refractivity contribution >= 4 is 22.7 Å². The van der Waals surface area contributed by atoms with Gasteiger partial charge in [0.15, 0.2) is 0 Å². The van der Waals surface area contributed by atoms with Gasteiger partial charge in [0, 0.05) is 27.2 Å². The molecule has 0 bridgehead atoms. The van der Waals surface area contributed by atoms with E-state index in [1.54, 1.807) is 0 Å². The van der Waals surface area contributed by atoms with E-state index in [9.17, 15) is 0 Å². The van der Waals surface area contributed by atoms with Crippen LogP contribution < -0.4 is 10.6 Å². The second-order valence-corrected chi connectivity index (χ2v) is 5.77. The first-order chi connectivity index (χ1) is 8.58. The van der Waals surface area contributed by atoms with Crippen LogP contribution in [0.15, 0.2) is 36.5 Å². The molecule has 2 aromatic rings. The van der Waals surface area contributed by atoms with Crippen molar-refractivity contribution in [1.82, 2.24) is 4.98 Å². The van der Waals surface area contributed by atoms with Gasteiger partial charge in [0.05, 0.1) is 0 Å². The van der Waals surface area contributed by atoms with Crippen molar-refractivity contribution < 1.29 is 0 Å². The van der Waals surface area contributed by atoms with Gasteiger partial charge in [-0.3, -0.25) is 0 Å². The molecule has 0 spiro atoms. The van der Waals surface area contributed by atoms with E-state index in [4.69, 9.17) is 11.6 Å². The fourth-order valence-corrected chi connectivity index (χ4v) is 3.09. The number of benzene rings is 1. The van der Waals surface area contributed by atoms with Crippen LogP contribution in [0.3, 0.4) is 0 Å². The van der Waals surface area contributed by atoms with Gasteiger partial charge >= 0.3 is 0 Å². The molecule has 1 nitrogen and oxygen atoms in total. The molecule has 0 aliphatic heterocycles. The Balaban J connectivity index is 2.17. The van der Waals surface area contributed by atoms with Gasteiger partial charge in [-0.05, 0) is 31.1 Å². The van der Waals surface area contributed by atoms with Crippen molar-refractivity contribution in [3.8, 4) is 0 Å². The largest absolute Gasteiger partial charge is 0.361 e. The summed E-state index contributed by atoms with van der Waals surface area (Å²) in [4.78, 5) is 3.26. The number of rotatable bonds is 1. The maximum absolute atomic E-state index is 6.43. The number of H-pyrrole nitrogens is 1. The number of fused-ring (bicyclic) bond motifs is 1. The van der Waals surface area contributed by atoms with Crippen molar-refractivity contribution in [2.75, 3.05) is 0 Å². The summed E-state index contributed by atoms with van der Waals surface area (Å²) >= 11 is 6.43. The zero-order valence-electron chi connectivity index (χ0n) is 10.6. The first-order valence-electron chi connectivity index (χ1n) is 6.21. The van der Waals surface area contributed by atoms with E-state index in [-0.39, 0.29) is 5.41 Å². The van der Waals surface area contributed by atoms with E-state index in [0.29, 0.717) is 0 Å². The highest BCUT2D eigenvalue weighted by Gasteiger charge is 2.28. The lowest BCUT2D eigenvalue weighted by Gasteiger charge is -2.28. The summed E-state index contributed by atoms with van der Waals surface area (Å²) < 4.78 is 0. The Morgan fingerprint density at radius 1 is 1.17 bits per heavy atom. The van der Waals surface area contributed by atoms with Crippen LogP contribution in [0, 0.1) is 6.92 Å². The summed E-state index contributed by atoms with van der Waals surface area (Å²) in [7, 11) is 0. The molecule has 1 aromatic heterocycles. The lowest BCUT2D eigenvalue weighted by molar-refractivity contribution is 0.648. The second-order valence-electron chi connectivity index (χ2n) is 5.31. The molecule has 1 heterocycles. The summed E-state index contributed by atoms with van der Waals surface area (Å²) in [6.45, 7) is 4.35. The lowest BCUT2D eigenvalue weighted by Crippen LogP contribution is -2.35. The van der Waals surface area contributed by atoms with Gasteiger partial charge in [-0.1, -0.05) is 48.4 Å². The van der Waals surface area contributed by atoms with Crippen molar-refractivity contribution in [2.45, 2.75) is 25.7 Å². The molecule has 18 heavy (non-hydrogen) atoms. The molecule has 3 rings (SSSR count). The summed E-state index contributed by atoms with van der Waals surface area (Å²) in [5, 5.41) is 3.22. The third kappa shape index (κ3) is 1.79. The van der Waals surface area contributed by atoms with Crippen molar-refractivity contribution in [1.29, 1.82) is 0 Å². The van der Waals surface area contributed by atoms with Gasteiger partial charge in [-0.2, -0.15) is 0 Å². The van der Waals surface area contributed by atoms with E-state index in [2.05, 4.69) is 49.2 Å². The Labute approximate surface area is 112 Å². The maximum atomic E-state index is 6.43. The number of hydrogen-bond donors (Lipinski definition) is 1. The summed E-state index contributed by atoms with van der Waals surface area (Å²) in [6.07, 6.45) is 5.10. The summed E-state index contributed by atoms with van der Waals surface area (Å²) in [5.74, 6) is 0. The topological polar surface area (TPSA) is 15.8 Å². The summed E-state index contributed by atoms with van der Waals surface area (Å²) in [5.41, 5.74) is 2.57. The fourth-order valence-electron chi connectivity index (χ4n) is 2.65. The van der Waals surface area contributed by atoms with Gasteiger partial charge in [-0.25, -0.2) is 0 Å². The molecular weight excluding hydrogens is 242 g/mol. The van der Waals surface area contributed by atoms with E-state index >= 15 is 0 Å². The zero-order valence-corrected chi connectivity index (χ0v) is 11.4. The Morgan fingerprint density at radius 3 is 2.61 bits per heavy atom. The van der Waals surface area contributed by atoms with Crippen molar-refractivity contribution in [2.24, 2.45) is 0 Å². The smallest absolute Gasteiger partial charge is 0.0434 e. The second kappa shape index (κ2) is 4.03. The van der Waals surface area contributed by atoms with Crippen LogP contribution in [-0.2, 0) is 5.41 Å². The highest BCUT2D eigenvalue weighted by Crippen LogP contribution is 2.35. The van der Waals surface area contributed by atoms with Crippen molar-refractivity contribution in [3.63, 3.8) is 0 Å². The molecule has 0 fully saturated rings. The minimum absolute atomic E-state index is 0.0252. The molecule has 1 aliphatic carbocycles. The third-order valence-corrected chi connectivity index (χ3v) is 4.10. The monoisotopic (exact) mass is 257 g/mol. The van der Waals surface area contributed by atoms with Gasteiger partial charge in [0.1, 0.15) is 0 Å². The highest BCUT2D eigenvalue weighted by molar-refractivity contribution is 6.45. The molecule has 92 valence electrons. The predicted octanol–water partition coefficient (Wildman–Crippen LogP) is 2.81. The average Bonchev–Trinajstić information content (AvgIpc) is 2.77. The lowest BCUT2D eigenvalue weighted by atomic mass is 9.77. The normalized spacial score (nSPS) is 22.5. The number of aryl methyl sites for hydroxylation is 1. The van der Waals surface area contributed by atoms with Crippen LogP contribution in [0.5, 0.6) is 0 Å². The minimum Gasteiger partial charge on any atom is -0.361 e. The Kier molecular flexibility index (Phi) is 2.60. The molecule has 0 radical (unpaired) electrons. The SMILES string of the molecule is Cc1ccc(C2(C)C=c3[nH]ccc3=C(Cl)C2)cc1. The molecule has 0 saturated heterocycles. The zero-order chi connectivity index (χ0) is 12.8. The van der Waals surface area contributed by atoms with E-state index in [1.807, 2.05) is 12.3 Å². The van der Waals surface area contributed by atoms with Gasteiger partial charge in [0.2, 0.25) is 0 Å². The highest BCUT2D eigenvalue weighted by atomic mass is 35.5. The maximum Gasteiger partial charge on any atom is 0.0434 e. The van der Waals surface area contributed by atoms with Gasteiger partial charge in [0.25, 0.3) is 0 Å². The first-order valence-corrected chi connectivity index (χ1v) is 6.58. The number of aromatic amines is 1. The van der Waals surface area contributed by atoms with Crippen molar-refractivity contribution in [3.05, 3.63) is 58.2 Å². The van der Waals surface area contributed by atoms with Gasteiger partial charge in [-0.15, -0.1) is 0 Å². The van der Waals surface area contributed by atoms with Crippen LogP contribution in [0.25, 0.3) is 11.1 Å². The quantitative estimate of drug-likeness (QED) is 0.809. The number of halogens is 1. The van der Waals surface area contributed by atoms with E-state index in [0.717, 1.165) is 22.0 Å². The predicted molar refractivity (Wildman–Crippen MR) is 76.9 cm³/mol. The molecule has 0 saturated carbocycles. The van der Waals surface area contributed by atoms with E-state index in [1.165, 1.54) is 11.1 Å². The number of aromatic nitrogens is 1. The van der Waals surface area contributed by atoms with Crippen LogP contribution >= 0.6 is 11.6 Å². The molecule has 1 unspecified atom stereocenters. The first kappa shape index (κ1) is 11.6. The molecule has 1 N–H and O–H groups in total. The van der Waals surface area contributed by atoms with Crippen LogP contribution in [-0.4, -0.2) is 4.98 Å². The number of hydrogen-bond acceptors (Lipinski definition) is 0. The Bertz CT molecular complexity index is 693.